The van der Waals surface area contributed by atoms with Crippen LogP contribution < -0.4 is 5.14 Å². The number of piperazine rings is 1. The summed E-state index contributed by atoms with van der Waals surface area (Å²) in [5, 5.41) is 5.15. The van der Waals surface area contributed by atoms with E-state index in [-0.39, 0.29) is 44.6 Å². The zero-order chi connectivity index (χ0) is 19.8. The van der Waals surface area contributed by atoms with Gasteiger partial charge in [-0.15, -0.1) is 0 Å². The van der Waals surface area contributed by atoms with Gasteiger partial charge in [-0.25, -0.2) is 5.14 Å². The molecule has 0 unspecified atom stereocenters. The van der Waals surface area contributed by atoms with Crippen molar-refractivity contribution in [1.82, 2.24) is 14.1 Å². The van der Waals surface area contributed by atoms with E-state index >= 15 is 0 Å². The van der Waals surface area contributed by atoms with Crippen LogP contribution in [0.4, 0.5) is 0 Å². The number of ether oxygens (including phenoxy) is 1. The number of hydrogen-bond acceptors (Lipinski definition) is 5. The highest BCUT2D eigenvalue weighted by Crippen LogP contribution is 2.32. The van der Waals surface area contributed by atoms with Gasteiger partial charge in [0.25, 0.3) is 16.1 Å². The monoisotopic (exact) mass is 396 g/mol. The molecule has 1 aromatic carbocycles. The fourth-order valence-corrected chi connectivity index (χ4v) is 4.22. The van der Waals surface area contributed by atoms with Crippen LogP contribution in [0.25, 0.3) is 0 Å². The fourth-order valence-electron chi connectivity index (χ4n) is 3.55. The molecule has 2 atom stereocenters. The number of rotatable bonds is 3. The summed E-state index contributed by atoms with van der Waals surface area (Å²) < 4.78 is 29.7. The summed E-state index contributed by atoms with van der Waals surface area (Å²) >= 11 is 0. The molecule has 0 radical (unpaired) electrons. The van der Waals surface area contributed by atoms with E-state index in [0.717, 1.165) is 15.4 Å². The maximum atomic E-state index is 13.1. The highest BCUT2D eigenvalue weighted by atomic mass is 32.2. The topological polar surface area (TPSA) is 113 Å². The molecule has 1 aromatic rings. The molecule has 10 heteroatoms. The van der Waals surface area contributed by atoms with E-state index in [2.05, 4.69) is 0 Å². The summed E-state index contributed by atoms with van der Waals surface area (Å²) in [6.45, 7) is 2.50. The molecule has 0 aliphatic carbocycles. The van der Waals surface area contributed by atoms with Crippen LogP contribution in [0.2, 0.25) is 0 Å². The number of amides is 2. The van der Waals surface area contributed by atoms with Crippen LogP contribution in [-0.4, -0.2) is 80.3 Å². The van der Waals surface area contributed by atoms with Gasteiger partial charge in [0.05, 0.1) is 6.04 Å². The number of carbonyl (C=O) groups is 2. The molecular formula is C17H24N4O5S. The van der Waals surface area contributed by atoms with Gasteiger partial charge in [-0.05, 0) is 18.1 Å². The van der Waals surface area contributed by atoms with Gasteiger partial charge in [-0.3, -0.25) is 9.59 Å². The normalized spacial score (nSPS) is 24.9. The molecule has 3 rings (SSSR count). The number of morpholine rings is 1. The third kappa shape index (κ3) is 3.98. The van der Waals surface area contributed by atoms with Crippen molar-refractivity contribution in [3.8, 4) is 0 Å². The van der Waals surface area contributed by atoms with Gasteiger partial charge < -0.3 is 14.5 Å². The summed E-state index contributed by atoms with van der Waals surface area (Å²) in [5.74, 6) is -0.442. The van der Waals surface area contributed by atoms with Crippen molar-refractivity contribution in [3.05, 3.63) is 35.4 Å². The Morgan fingerprint density at radius 3 is 2.41 bits per heavy atom. The molecule has 2 heterocycles. The molecule has 2 aliphatic rings. The quantitative estimate of drug-likeness (QED) is 0.722. The van der Waals surface area contributed by atoms with E-state index in [1.54, 1.807) is 16.8 Å². The number of hydrogen-bond donors (Lipinski definition) is 1. The van der Waals surface area contributed by atoms with Crippen molar-refractivity contribution in [2.75, 3.05) is 39.8 Å². The van der Waals surface area contributed by atoms with Gasteiger partial charge in [0.15, 0.2) is 6.10 Å². The first-order valence-electron chi connectivity index (χ1n) is 8.69. The second kappa shape index (κ2) is 7.55. The number of benzene rings is 1. The molecule has 2 saturated heterocycles. The van der Waals surface area contributed by atoms with Crippen LogP contribution in [0, 0.1) is 6.92 Å². The molecular weight excluding hydrogens is 372 g/mol. The van der Waals surface area contributed by atoms with E-state index in [9.17, 15) is 18.0 Å². The molecule has 27 heavy (non-hydrogen) atoms. The zero-order valence-electron chi connectivity index (χ0n) is 15.4. The van der Waals surface area contributed by atoms with Gasteiger partial charge in [-0.2, -0.15) is 12.7 Å². The van der Waals surface area contributed by atoms with E-state index in [1.807, 2.05) is 31.2 Å². The van der Waals surface area contributed by atoms with Gasteiger partial charge in [0.1, 0.15) is 6.61 Å². The lowest BCUT2D eigenvalue weighted by molar-refractivity contribution is -0.168. The molecule has 148 valence electrons. The van der Waals surface area contributed by atoms with Crippen molar-refractivity contribution >= 4 is 22.0 Å². The molecule has 2 N–H and O–H groups in total. The zero-order valence-corrected chi connectivity index (χ0v) is 16.2. The number of carbonyl (C=O) groups excluding carboxylic acids is 2. The predicted molar refractivity (Wildman–Crippen MR) is 97.7 cm³/mol. The van der Waals surface area contributed by atoms with E-state index < -0.39 is 22.4 Å². The number of aryl methyl sites for hydroxylation is 1. The lowest BCUT2D eigenvalue weighted by Crippen LogP contribution is -2.58. The first-order valence-corrected chi connectivity index (χ1v) is 10.2. The first kappa shape index (κ1) is 19.7. The Balaban J connectivity index is 1.82. The second-order valence-corrected chi connectivity index (χ2v) is 8.35. The van der Waals surface area contributed by atoms with Crippen LogP contribution >= 0.6 is 0 Å². The van der Waals surface area contributed by atoms with Crippen molar-refractivity contribution in [1.29, 1.82) is 0 Å². The Labute approximate surface area is 158 Å². The molecule has 0 spiro atoms. The van der Waals surface area contributed by atoms with E-state index in [1.165, 1.54) is 0 Å². The largest absolute Gasteiger partial charge is 0.356 e. The molecule has 2 fully saturated rings. The minimum absolute atomic E-state index is 0.140. The lowest BCUT2D eigenvalue weighted by atomic mass is 9.93. The van der Waals surface area contributed by atoms with Crippen LogP contribution in [0.1, 0.15) is 17.2 Å². The number of nitrogens with zero attached hydrogens (tertiary/aromatic N) is 3. The van der Waals surface area contributed by atoms with E-state index in [0.29, 0.717) is 0 Å². The van der Waals surface area contributed by atoms with Gasteiger partial charge in [-0.1, -0.05) is 24.3 Å². The minimum Gasteiger partial charge on any atom is -0.356 e. The predicted octanol–water partition coefficient (Wildman–Crippen LogP) is -0.759. The summed E-state index contributed by atoms with van der Waals surface area (Å²) in [4.78, 5) is 28.4. The molecule has 0 bridgehead atoms. The highest BCUT2D eigenvalue weighted by molar-refractivity contribution is 7.86. The molecule has 0 saturated carbocycles. The highest BCUT2D eigenvalue weighted by Gasteiger charge is 2.43. The number of likely N-dealkylation sites (N-methyl/N-ethyl adjacent to an activating group) is 1. The third-order valence-electron chi connectivity index (χ3n) is 5.14. The average Bonchev–Trinajstić information content (AvgIpc) is 2.63. The molecule has 0 aromatic heterocycles. The summed E-state index contributed by atoms with van der Waals surface area (Å²) in [7, 11) is -2.10. The summed E-state index contributed by atoms with van der Waals surface area (Å²) in [6, 6.07) is 7.04. The van der Waals surface area contributed by atoms with Gasteiger partial charge in [0.2, 0.25) is 5.91 Å². The van der Waals surface area contributed by atoms with E-state index in [4.69, 9.17) is 9.88 Å². The van der Waals surface area contributed by atoms with Crippen LogP contribution in [0.3, 0.4) is 0 Å². The standard InChI is InChI=1S/C17H24N4O5S/c1-12-5-3-4-6-13(12)15-16(26-11-14(22)19(15)2)17(23)20-7-9-21(10-8-20)27(18,24)25/h3-6,15-16H,7-11H2,1-2H3,(H2,18,24,25)/t15-,16+/m1/s1. The maximum absolute atomic E-state index is 13.1. The van der Waals surface area contributed by atoms with Crippen molar-refractivity contribution < 1.29 is 22.7 Å². The fraction of sp³-hybridized carbons (Fsp3) is 0.529. The Kier molecular flexibility index (Phi) is 5.52. The van der Waals surface area contributed by atoms with Crippen molar-refractivity contribution in [3.63, 3.8) is 0 Å². The summed E-state index contributed by atoms with van der Waals surface area (Å²) in [6.07, 6.45) is -0.838. The Morgan fingerprint density at radius 2 is 1.81 bits per heavy atom. The third-order valence-corrected chi connectivity index (χ3v) is 6.23. The maximum Gasteiger partial charge on any atom is 0.277 e. The Morgan fingerprint density at radius 1 is 1.19 bits per heavy atom. The van der Waals surface area contributed by atoms with Gasteiger partial charge >= 0.3 is 0 Å². The molecule has 2 aliphatic heterocycles. The SMILES string of the molecule is Cc1ccccc1[C@@H]1[C@@H](C(=O)N2CCN(S(N)(=O)=O)CC2)OCC(=O)N1C. The molecule has 2 amide bonds. The molecule has 9 nitrogen and oxygen atoms in total. The number of nitrogens with two attached hydrogens (primary N) is 1. The minimum atomic E-state index is -3.76. The smallest absolute Gasteiger partial charge is 0.277 e. The average molecular weight is 396 g/mol. The second-order valence-electron chi connectivity index (χ2n) is 6.81. The van der Waals surface area contributed by atoms with Crippen LogP contribution in [0.15, 0.2) is 24.3 Å². The van der Waals surface area contributed by atoms with Crippen LogP contribution in [-0.2, 0) is 24.5 Å². The van der Waals surface area contributed by atoms with Crippen LogP contribution in [0.5, 0.6) is 0 Å². The summed E-state index contributed by atoms with van der Waals surface area (Å²) in [5.41, 5.74) is 1.82. The van der Waals surface area contributed by atoms with Crippen molar-refractivity contribution in [2.45, 2.75) is 19.1 Å². The first-order chi connectivity index (χ1) is 12.7. The lowest BCUT2D eigenvalue weighted by Gasteiger charge is -2.42. The van der Waals surface area contributed by atoms with Gasteiger partial charge in [0, 0.05) is 33.2 Å². The Bertz CT molecular complexity index is 835. The Hall–Kier alpha value is -2.01. The van der Waals surface area contributed by atoms with Crippen molar-refractivity contribution in [2.24, 2.45) is 5.14 Å².